The molecule has 2 saturated heterocycles. The van der Waals surface area contributed by atoms with Crippen molar-refractivity contribution in [3.8, 4) is 5.75 Å². The van der Waals surface area contributed by atoms with Crippen molar-refractivity contribution in [2.75, 3.05) is 40.0 Å². The summed E-state index contributed by atoms with van der Waals surface area (Å²) in [6.07, 6.45) is 6.31. The van der Waals surface area contributed by atoms with E-state index < -0.39 is 0 Å². The average Bonchev–Trinajstić information content (AvgIpc) is 2.75. The second kappa shape index (κ2) is 8.59. The molecule has 0 spiro atoms. The number of hydrogen-bond acceptors (Lipinski definition) is 4. The highest BCUT2D eigenvalue weighted by Gasteiger charge is 2.38. The first-order valence-electron chi connectivity index (χ1n) is 10.4. The lowest BCUT2D eigenvalue weighted by atomic mass is 9.86. The Kier molecular flexibility index (Phi) is 5.96. The summed E-state index contributed by atoms with van der Waals surface area (Å²) in [5.74, 6) is 0.972. The fourth-order valence-corrected chi connectivity index (χ4v) is 4.83. The van der Waals surface area contributed by atoms with Gasteiger partial charge in [0.05, 0.1) is 7.11 Å². The molecule has 0 atom stereocenters. The first-order valence-corrected chi connectivity index (χ1v) is 10.4. The topological polar surface area (TPSA) is 33.7 Å². The van der Waals surface area contributed by atoms with Gasteiger partial charge in [-0.1, -0.05) is 36.8 Å². The number of likely N-dealkylation sites (tertiary alicyclic amines) is 1. The van der Waals surface area contributed by atoms with Crippen LogP contribution in [0.3, 0.4) is 0 Å². The predicted octanol–water partition coefficient (Wildman–Crippen LogP) is 3.97. The molecule has 0 unspecified atom stereocenters. The van der Waals surface area contributed by atoms with Gasteiger partial charge in [-0.2, -0.15) is 0 Å². The van der Waals surface area contributed by atoms with Gasteiger partial charge in [-0.15, -0.1) is 0 Å². The highest BCUT2D eigenvalue weighted by atomic mass is 16.5. The zero-order chi connectivity index (χ0) is 18.5. The first kappa shape index (κ1) is 18.7. The second-order valence-electron chi connectivity index (χ2n) is 7.96. The molecule has 4 nitrogen and oxygen atoms in total. The fourth-order valence-electron chi connectivity index (χ4n) is 4.83. The number of nitrogens with zero attached hydrogens (tertiary/aromatic N) is 1. The maximum Gasteiger partial charge on any atom is 0.123 e. The van der Waals surface area contributed by atoms with E-state index in [2.05, 4.69) is 46.6 Å². The fraction of sp³-hybridized carbons (Fsp3) is 0.565. The van der Waals surface area contributed by atoms with Crippen molar-refractivity contribution in [1.82, 2.24) is 10.2 Å². The molecule has 0 bridgehead atoms. The number of piperidine rings is 1. The Morgan fingerprint density at radius 3 is 2.59 bits per heavy atom. The number of methoxy groups -OCH3 is 1. The highest BCUT2D eigenvalue weighted by molar-refractivity contribution is 5.87. The number of ether oxygens (including phenoxy) is 2. The molecule has 0 amide bonds. The van der Waals surface area contributed by atoms with Crippen molar-refractivity contribution in [3.63, 3.8) is 0 Å². The van der Waals surface area contributed by atoms with E-state index in [4.69, 9.17) is 9.47 Å². The van der Waals surface area contributed by atoms with Crippen LogP contribution >= 0.6 is 0 Å². The summed E-state index contributed by atoms with van der Waals surface area (Å²) in [4.78, 5) is 2.74. The highest BCUT2D eigenvalue weighted by Crippen LogP contribution is 2.31. The third-order valence-corrected chi connectivity index (χ3v) is 6.42. The Hall–Kier alpha value is -1.62. The monoisotopic (exact) mass is 368 g/mol. The van der Waals surface area contributed by atoms with Gasteiger partial charge in [0.25, 0.3) is 0 Å². The molecule has 2 heterocycles. The molecule has 4 rings (SSSR count). The van der Waals surface area contributed by atoms with E-state index in [0.29, 0.717) is 0 Å². The van der Waals surface area contributed by atoms with Crippen molar-refractivity contribution in [3.05, 3.63) is 42.0 Å². The lowest BCUT2D eigenvalue weighted by molar-refractivity contribution is -0.0358. The van der Waals surface area contributed by atoms with Crippen molar-refractivity contribution < 1.29 is 9.47 Å². The van der Waals surface area contributed by atoms with Gasteiger partial charge in [0, 0.05) is 37.4 Å². The molecule has 0 saturated carbocycles. The summed E-state index contributed by atoms with van der Waals surface area (Å²) < 4.78 is 11.4. The van der Waals surface area contributed by atoms with Crippen LogP contribution in [0.4, 0.5) is 0 Å². The van der Waals surface area contributed by atoms with Crippen LogP contribution in [0.5, 0.6) is 5.75 Å². The molecule has 0 radical (unpaired) electrons. The summed E-state index contributed by atoms with van der Waals surface area (Å²) in [5.41, 5.74) is 1.51. The Balaban J connectivity index is 1.51. The lowest BCUT2D eigenvalue weighted by Crippen LogP contribution is -2.59. The maximum atomic E-state index is 5.70. The van der Waals surface area contributed by atoms with Gasteiger partial charge in [0.2, 0.25) is 0 Å². The molecule has 0 aliphatic carbocycles. The molecule has 0 aromatic heterocycles. The van der Waals surface area contributed by atoms with E-state index in [9.17, 15) is 0 Å². The van der Waals surface area contributed by atoms with Crippen molar-refractivity contribution in [2.45, 2.75) is 44.2 Å². The summed E-state index contributed by atoms with van der Waals surface area (Å²) in [5, 5.41) is 6.35. The molecule has 27 heavy (non-hydrogen) atoms. The minimum Gasteiger partial charge on any atom is -0.496 e. The van der Waals surface area contributed by atoms with Gasteiger partial charge in [-0.05, 0) is 55.6 Å². The predicted molar refractivity (Wildman–Crippen MR) is 110 cm³/mol. The smallest absolute Gasteiger partial charge is 0.123 e. The molecule has 146 valence electrons. The van der Waals surface area contributed by atoms with E-state index in [-0.39, 0.29) is 5.54 Å². The molecule has 1 N–H and O–H groups in total. The zero-order valence-corrected chi connectivity index (χ0v) is 16.5. The Morgan fingerprint density at radius 2 is 1.81 bits per heavy atom. The van der Waals surface area contributed by atoms with Crippen LogP contribution in [0.15, 0.2) is 36.4 Å². The van der Waals surface area contributed by atoms with E-state index >= 15 is 0 Å². The second-order valence-corrected chi connectivity index (χ2v) is 7.96. The van der Waals surface area contributed by atoms with Gasteiger partial charge < -0.3 is 14.8 Å². The quantitative estimate of drug-likeness (QED) is 0.836. The van der Waals surface area contributed by atoms with Gasteiger partial charge in [0.1, 0.15) is 5.75 Å². The molecule has 4 heteroatoms. The molecule has 2 aromatic carbocycles. The summed E-state index contributed by atoms with van der Waals surface area (Å²) in [6, 6.07) is 12.8. The third-order valence-electron chi connectivity index (χ3n) is 6.42. The minimum atomic E-state index is 0.247. The number of hydrogen-bond donors (Lipinski definition) is 1. The normalized spacial score (nSPS) is 20.6. The van der Waals surface area contributed by atoms with Gasteiger partial charge in [-0.3, -0.25) is 4.90 Å². The van der Waals surface area contributed by atoms with Crippen LogP contribution in [0.2, 0.25) is 0 Å². The van der Waals surface area contributed by atoms with Gasteiger partial charge >= 0.3 is 0 Å². The van der Waals surface area contributed by atoms with E-state index in [1.807, 2.05) is 0 Å². The number of benzene rings is 2. The molecule has 2 aliphatic rings. The molecule has 2 aliphatic heterocycles. The van der Waals surface area contributed by atoms with Crippen LogP contribution < -0.4 is 10.1 Å². The molecule has 2 aromatic rings. The van der Waals surface area contributed by atoms with E-state index in [1.165, 1.54) is 48.7 Å². The standard InChI is InChI=1S/C23H32N2O2/c1-26-22-10-9-19-7-3-4-8-20(19)21(22)17-24-18-23(11-15-27-16-12-23)25-13-5-2-6-14-25/h3-4,7-10,24H,2,5-6,11-18H2,1H3. The summed E-state index contributed by atoms with van der Waals surface area (Å²) in [6.45, 7) is 6.09. The van der Waals surface area contributed by atoms with Crippen LogP contribution in [-0.4, -0.2) is 50.4 Å². The number of fused-ring (bicyclic) bond motifs is 1. The van der Waals surface area contributed by atoms with Gasteiger partial charge in [-0.25, -0.2) is 0 Å². The number of nitrogens with one attached hydrogen (secondary N) is 1. The Labute approximate surface area is 162 Å². The Bertz CT molecular complexity index is 749. The third kappa shape index (κ3) is 3.98. The van der Waals surface area contributed by atoms with E-state index in [0.717, 1.165) is 44.9 Å². The summed E-state index contributed by atoms with van der Waals surface area (Å²) >= 11 is 0. The van der Waals surface area contributed by atoms with Crippen LogP contribution in [-0.2, 0) is 11.3 Å². The van der Waals surface area contributed by atoms with Gasteiger partial charge in [0.15, 0.2) is 0 Å². The van der Waals surface area contributed by atoms with Crippen LogP contribution in [0.25, 0.3) is 10.8 Å². The SMILES string of the molecule is COc1ccc2ccccc2c1CNCC1(N2CCCCC2)CCOCC1. The van der Waals surface area contributed by atoms with Crippen molar-refractivity contribution >= 4 is 10.8 Å². The maximum absolute atomic E-state index is 5.70. The van der Waals surface area contributed by atoms with E-state index in [1.54, 1.807) is 7.11 Å². The van der Waals surface area contributed by atoms with Crippen LogP contribution in [0, 0.1) is 0 Å². The Morgan fingerprint density at radius 1 is 1.04 bits per heavy atom. The lowest BCUT2D eigenvalue weighted by Gasteiger charge is -2.48. The minimum absolute atomic E-state index is 0.247. The average molecular weight is 369 g/mol. The first-order chi connectivity index (χ1) is 13.3. The molecular formula is C23H32N2O2. The molecule has 2 fully saturated rings. The molecular weight excluding hydrogens is 336 g/mol. The largest absolute Gasteiger partial charge is 0.496 e. The van der Waals surface area contributed by atoms with Crippen molar-refractivity contribution in [2.24, 2.45) is 0 Å². The number of rotatable bonds is 6. The van der Waals surface area contributed by atoms with Crippen molar-refractivity contribution in [1.29, 1.82) is 0 Å². The zero-order valence-electron chi connectivity index (χ0n) is 16.5. The summed E-state index contributed by atoms with van der Waals surface area (Å²) in [7, 11) is 1.77. The van der Waals surface area contributed by atoms with Crippen LogP contribution in [0.1, 0.15) is 37.7 Å².